The molecule has 3 rings (SSSR count). The molecule has 0 fully saturated rings. The SMILES string of the molecule is COCCNCc1noc2c1COc1ccccc1-2. The van der Waals surface area contributed by atoms with Gasteiger partial charge < -0.3 is 19.3 Å². The molecule has 1 aromatic carbocycles. The molecule has 0 atom stereocenters. The van der Waals surface area contributed by atoms with Gasteiger partial charge in [-0.2, -0.15) is 0 Å². The Balaban J connectivity index is 1.79. The summed E-state index contributed by atoms with van der Waals surface area (Å²) in [5.41, 5.74) is 2.91. The summed E-state index contributed by atoms with van der Waals surface area (Å²) in [6.45, 7) is 2.64. The third kappa shape index (κ3) is 2.34. The van der Waals surface area contributed by atoms with Crippen LogP contribution in [0.1, 0.15) is 11.3 Å². The van der Waals surface area contributed by atoms with Crippen molar-refractivity contribution in [2.45, 2.75) is 13.2 Å². The first-order valence-corrected chi connectivity index (χ1v) is 6.29. The molecule has 0 saturated carbocycles. The Morgan fingerprint density at radius 1 is 1.37 bits per heavy atom. The van der Waals surface area contributed by atoms with E-state index in [9.17, 15) is 0 Å². The van der Waals surface area contributed by atoms with E-state index in [1.165, 1.54) is 0 Å². The summed E-state index contributed by atoms with van der Waals surface area (Å²) < 4.78 is 16.2. The van der Waals surface area contributed by atoms with Gasteiger partial charge in [-0.05, 0) is 12.1 Å². The van der Waals surface area contributed by atoms with Crippen LogP contribution in [0.4, 0.5) is 0 Å². The molecule has 19 heavy (non-hydrogen) atoms. The van der Waals surface area contributed by atoms with Crippen LogP contribution in [-0.4, -0.2) is 25.4 Å². The van der Waals surface area contributed by atoms with Crippen LogP contribution in [0.25, 0.3) is 11.3 Å². The lowest BCUT2D eigenvalue weighted by Crippen LogP contribution is -2.20. The van der Waals surface area contributed by atoms with Crippen LogP contribution in [0.3, 0.4) is 0 Å². The highest BCUT2D eigenvalue weighted by Crippen LogP contribution is 2.38. The van der Waals surface area contributed by atoms with Crippen molar-refractivity contribution >= 4 is 0 Å². The Morgan fingerprint density at radius 3 is 3.16 bits per heavy atom. The normalized spacial score (nSPS) is 12.7. The second-order valence-electron chi connectivity index (χ2n) is 4.39. The molecule has 0 spiro atoms. The van der Waals surface area contributed by atoms with Crippen LogP contribution in [0.5, 0.6) is 5.75 Å². The zero-order valence-electron chi connectivity index (χ0n) is 10.8. The van der Waals surface area contributed by atoms with Crippen molar-refractivity contribution in [2.24, 2.45) is 0 Å². The van der Waals surface area contributed by atoms with Crippen molar-refractivity contribution in [3.63, 3.8) is 0 Å². The standard InChI is InChI=1S/C14H16N2O3/c1-17-7-6-15-8-12-11-9-18-13-5-3-2-4-10(13)14(11)19-16-12/h2-5,15H,6-9H2,1H3. The predicted octanol–water partition coefficient (Wildman–Crippen LogP) is 1.97. The highest BCUT2D eigenvalue weighted by Gasteiger charge is 2.24. The number of ether oxygens (including phenoxy) is 2. The quantitative estimate of drug-likeness (QED) is 0.833. The van der Waals surface area contributed by atoms with Gasteiger partial charge in [0, 0.05) is 20.2 Å². The fourth-order valence-electron chi connectivity index (χ4n) is 2.15. The smallest absolute Gasteiger partial charge is 0.177 e. The maximum Gasteiger partial charge on any atom is 0.177 e. The van der Waals surface area contributed by atoms with E-state index < -0.39 is 0 Å². The lowest BCUT2D eigenvalue weighted by molar-refractivity contribution is 0.199. The average molecular weight is 260 g/mol. The van der Waals surface area contributed by atoms with Crippen molar-refractivity contribution in [2.75, 3.05) is 20.3 Å². The van der Waals surface area contributed by atoms with Crippen molar-refractivity contribution in [3.05, 3.63) is 35.5 Å². The largest absolute Gasteiger partial charge is 0.488 e. The van der Waals surface area contributed by atoms with Gasteiger partial charge in [0.15, 0.2) is 5.76 Å². The summed E-state index contributed by atoms with van der Waals surface area (Å²) in [7, 11) is 1.68. The molecule has 2 aromatic rings. The lowest BCUT2D eigenvalue weighted by Gasteiger charge is -2.16. The second-order valence-corrected chi connectivity index (χ2v) is 4.39. The number of nitrogens with zero attached hydrogens (tertiary/aromatic N) is 1. The summed E-state index contributed by atoms with van der Waals surface area (Å²) in [6.07, 6.45) is 0. The summed E-state index contributed by atoms with van der Waals surface area (Å²) in [6, 6.07) is 7.85. The number of rotatable bonds is 5. The average Bonchev–Trinajstić information content (AvgIpc) is 2.87. The molecule has 100 valence electrons. The van der Waals surface area contributed by atoms with Crippen LogP contribution in [0.15, 0.2) is 28.8 Å². The number of fused-ring (bicyclic) bond motifs is 3. The van der Waals surface area contributed by atoms with E-state index >= 15 is 0 Å². The first kappa shape index (κ1) is 12.2. The highest BCUT2D eigenvalue weighted by atomic mass is 16.5. The van der Waals surface area contributed by atoms with E-state index in [1.54, 1.807) is 7.11 Å². The van der Waals surface area contributed by atoms with Crippen molar-refractivity contribution in [1.29, 1.82) is 0 Å². The van der Waals surface area contributed by atoms with Gasteiger partial charge in [0.2, 0.25) is 0 Å². The minimum Gasteiger partial charge on any atom is -0.488 e. The summed E-state index contributed by atoms with van der Waals surface area (Å²) in [5, 5.41) is 7.40. The molecule has 2 heterocycles. The molecule has 1 aromatic heterocycles. The van der Waals surface area contributed by atoms with E-state index in [1.807, 2.05) is 24.3 Å². The first-order valence-electron chi connectivity index (χ1n) is 6.29. The first-order chi connectivity index (χ1) is 9.40. The lowest BCUT2D eigenvalue weighted by atomic mass is 10.0. The Hall–Kier alpha value is -1.85. The van der Waals surface area contributed by atoms with Gasteiger partial charge in [0.25, 0.3) is 0 Å². The molecule has 5 heteroatoms. The number of benzene rings is 1. The van der Waals surface area contributed by atoms with E-state index in [0.717, 1.165) is 34.9 Å². The number of hydrogen-bond donors (Lipinski definition) is 1. The molecular weight excluding hydrogens is 244 g/mol. The fourth-order valence-corrected chi connectivity index (χ4v) is 2.15. The minimum absolute atomic E-state index is 0.511. The molecule has 0 amide bonds. The van der Waals surface area contributed by atoms with E-state index in [4.69, 9.17) is 14.0 Å². The number of aromatic nitrogens is 1. The van der Waals surface area contributed by atoms with E-state index in [0.29, 0.717) is 19.8 Å². The maximum atomic E-state index is 5.72. The number of nitrogens with one attached hydrogen (secondary N) is 1. The molecule has 1 N–H and O–H groups in total. The zero-order chi connectivity index (χ0) is 13.1. The molecule has 0 aliphatic carbocycles. The molecule has 1 aliphatic heterocycles. The minimum atomic E-state index is 0.511. The molecule has 5 nitrogen and oxygen atoms in total. The van der Waals surface area contributed by atoms with Crippen LogP contribution in [-0.2, 0) is 17.9 Å². The second kappa shape index (κ2) is 5.42. The van der Waals surface area contributed by atoms with Gasteiger partial charge in [-0.1, -0.05) is 17.3 Å². The monoisotopic (exact) mass is 260 g/mol. The van der Waals surface area contributed by atoms with Crippen LogP contribution in [0, 0.1) is 0 Å². The third-order valence-corrected chi connectivity index (χ3v) is 3.15. The molecule has 1 aliphatic rings. The summed E-state index contributed by atoms with van der Waals surface area (Å²) >= 11 is 0. The van der Waals surface area contributed by atoms with Gasteiger partial charge in [0.1, 0.15) is 18.1 Å². The van der Waals surface area contributed by atoms with E-state index in [-0.39, 0.29) is 0 Å². The topological polar surface area (TPSA) is 56.5 Å². The van der Waals surface area contributed by atoms with Crippen LogP contribution >= 0.6 is 0 Å². The summed E-state index contributed by atoms with van der Waals surface area (Å²) in [5.74, 6) is 1.68. The fraction of sp³-hybridized carbons (Fsp3) is 0.357. The Labute approximate surface area is 111 Å². The molecule has 0 radical (unpaired) electrons. The van der Waals surface area contributed by atoms with Gasteiger partial charge in [0.05, 0.1) is 17.7 Å². The predicted molar refractivity (Wildman–Crippen MR) is 69.9 cm³/mol. The van der Waals surface area contributed by atoms with Gasteiger partial charge in [-0.3, -0.25) is 0 Å². The van der Waals surface area contributed by atoms with Crippen molar-refractivity contribution < 1.29 is 14.0 Å². The number of para-hydroxylation sites is 1. The maximum absolute atomic E-state index is 5.72. The highest BCUT2D eigenvalue weighted by molar-refractivity contribution is 5.70. The number of hydrogen-bond acceptors (Lipinski definition) is 5. The van der Waals surface area contributed by atoms with Crippen LogP contribution < -0.4 is 10.1 Å². The van der Waals surface area contributed by atoms with Crippen molar-refractivity contribution in [3.8, 4) is 17.1 Å². The Bertz CT molecular complexity index is 566. The van der Waals surface area contributed by atoms with Gasteiger partial charge >= 0.3 is 0 Å². The molecule has 0 bridgehead atoms. The van der Waals surface area contributed by atoms with Crippen molar-refractivity contribution in [1.82, 2.24) is 10.5 Å². The molecule has 0 unspecified atom stereocenters. The van der Waals surface area contributed by atoms with Gasteiger partial charge in [-0.25, -0.2) is 0 Å². The third-order valence-electron chi connectivity index (χ3n) is 3.15. The van der Waals surface area contributed by atoms with E-state index in [2.05, 4.69) is 10.5 Å². The molecule has 0 saturated heterocycles. The molecular formula is C14H16N2O3. The zero-order valence-corrected chi connectivity index (χ0v) is 10.8. The summed E-state index contributed by atoms with van der Waals surface area (Å²) in [4.78, 5) is 0. The Morgan fingerprint density at radius 2 is 2.26 bits per heavy atom. The van der Waals surface area contributed by atoms with Crippen LogP contribution in [0.2, 0.25) is 0 Å². The Kier molecular flexibility index (Phi) is 3.48. The van der Waals surface area contributed by atoms with Gasteiger partial charge in [-0.15, -0.1) is 0 Å². The number of methoxy groups -OCH3 is 1.